The van der Waals surface area contributed by atoms with Crippen molar-refractivity contribution in [2.45, 2.75) is 25.4 Å². The van der Waals surface area contributed by atoms with Gasteiger partial charge in [-0.15, -0.1) is 12.4 Å². The summed E-state index contributed by atoms with van der Waals surface area (Å²) in [7, 11) is 3.50. The molecule has 1 fully saturated rings. The zero-order valence-corrected chi connectivity index (χ0v) is 12.2. The second-order valence-electron chi connectivity index (χ2n) is 4.69. The first-order valence-corrected chi connectivity index (χ1v) is 6.32. The summed E-state index contributed by atoms with van der Waals surface area (Å²) in [5, 5.41) is 3.23. The average molecular weight is 285 g/mol. The van der Waals surface area contributed by atoms with E-state index < -0.39 is 0 Å². The van der Waals surface area contributed by atoms with Gasteiger partial charge in [-0.05, 0) is 37.1 Å². The predicted octanol–water partition coefficient (Wildman–Crippen LogP) is 1.83. The van der Waals surface area contributed by atoms with E-state index in [0.717, 1.165) is 30.7 Å². The van der Waals surface area contributed by atoms with E-state index >= 15 is 0 Å². The molecule has 1 unspecified atom stereocenters. The van der Waals surface area contributed by atoms with Gasteiger partial charge in [0.25, 0.3) is 0 Å². The molecule has 0 radical (unpaired) electrons. The number of carbonyl (C=O) groups excluding carboxylic acids is 1. The summed E-state index contributed by atoms with van der Waals surface area (Å²) in [4.78, 5) is 13.9. The Morgan fingerprint density at radius 3 is 2.95 bits per heavy atom. The number of likely N-dealkylation sites (N-methyl/N-ethyl adjacent to an activating group) is 1. The van der Waals surface area contributed by atoms with Crippen LogP contribution in [0.5, 0.6) is 5.75 Å². The number of carbonyl (C=O) groups is 1. The molecule has 0 aliphatic carbocycles. The van der Waals surface area contributed by atoms with Gasteiger partial charge in [0, 0.05) is 13.6 Å². The van der Waals surface area contributed by atoms with Crippen molar-refractivity contribution in [3.63, 3.8) is 0 Å². The van der Waals surface area contributed by atoms with E-state index in [4.69, 9.17) is 4.74 Å². The first-order chi connectivity index (χ1) is 8.70. The van der Waals surface area contributed by atoms with Gasteiger partial charge in [-0.3, -0.25) is 4.79 Å². The fraction of sp³-hybridized carbons (Fsp3) is 0.500. The van der Waals surface area contributed by atoms with E-state index in [2.05, 4.69) is 5.32 Å². The van der Waals surface area contributed by atoms with Crippen LogP contribution in [0, 0.1) is 0 Å². The van der Waals surface area contributed by atoms with Gasteiger partial charge in [-0.2, -0.15) is 0 Å². The van der Waals surface area contributed by atoms with Crippen LogP contribution in [0.25, 0.3) is 0 Å². The second kappa shape index (κ2) is 7.36. The van der Waals surface area contributed by atoms with Crippen molar-refractivity contribution >= 4 is 18.3 Å². The molecule has 4 nitrogen and oxygen atoms in total. The van der Waals surface area contributed by atoms with Crippen LogP contribution in [0.3, 0.4) is 0 Å². The first-order valence-electron chi connectivity index (χ1n) is 6.32. The molecule has 5 heteroatoms. The number of halogens is 1. The normalized spacial score (nSPS) is 17.7. The molecule has 1 saturated heterocycles. The van der Waals surface area contributed by atoms with Crippen LogP contribution >= 0.6 is 12.4 Å². The number of nitrogens with one attached hydrogen (secondary N) is 1. The first kappa shape index (κ1) is 15.8. The molecular weight excluding hydrogens is 264 g/mol. The van der Waals surface area contributed by atoms with Gasteiger partial charge < -0.3 is 15.0 Å². The SMILES string of the molecule is COc1cccc(CN(C)C(=O)C2CCCN2)c1.Cl. The smallest absolute Gasteiger partial charge is 0.239 e. The largest absolute Gasteiger partial charge is 0.497 e. The molecule has 1 aromatic rings. The van der Waals surface area contributed by atoms with E-state index in [1.165, 1.54) is 0 Å². The van der Waals surface area contributed by atoms with E-state index in [1.807, 2.05) is 31.3 Å². The number of ether oxygens (including phenoxy) is 1. The molecule has 106 valence electrons. The number of methoxy groups -OCH3 is 1. The highest BCUT2D eigenvalue weighted by Crippen LogP contribution is 2.15. The topological polar surface area (TPSA) is 41.6 Å². The Bertz CT molecular complexity index is 420. The molecule has 0 aromatic heterocycles. The molecule has 1 aliphatic rings. The molecule has 1 aromatic carbocycles. The van der Waals surface area contributed by atoms with Crippen LogP contribution in [-0.2, 0) is 11.3 Å². The third kappa shape index (κ3) is 4.11. The molecule has 1 heterocycles. The molecule has 1 amide bonds. The number of hydrogen-bond donors (Lipinski definition) is 1. The molecule has 19 heavy (non-hydrogen) atoms. The molecule has 0 bridgehead atoms. The Labute approximate surface area is 120 Å². The third-order valence-electron chi connectivity index (χ3n) is 3.29. The molecule has 0 saturated carbocycles. The summed E-state index contributed by atoms with van der Waals surface area (Å²) >= 11 is 0. The predicted molar refractivity (Wildman–Crippen MR) is 77.7 cm³/mol. The van der Waals surface area contributed by atoms with E-state index in [9.17, 15) is 4.79 Å². The Morgan fingerprint density at radius 1 is 1.53 bits per heavy atom. The summed E-state index contributed by atoms with van der Waals surface area (Å²) in [5.74, 6) is 1.00. The summed E-state index contributed by atoms with van der Waals surface area (Å²) in [6.45, 7) is 1.57. The molecule has 1 aliphatic heterocycles. The Kier molecular flexibility index (Phi) is 6.12. The van der Waals surface area contributed by atoms with Gasteiger partial charge >= 0.3 is 0 Å². The lowest BCUT2D eigenvalue weighted by Gasteiger charge is -2.21. The number of benzene rings is 1. The maximum absolute atomic E-state index is 12.1. The Hall–Kier alpha value is -1.26. The zero-order chi connectivity index (χ0) is 13.0. The Morgan fingerprint density at radius 2 is 2.32 bits per heavy atom. The third-order valence-corrected chi connectivity index (χ3v) is 3.29. The number of hydrogen-bond acceptors (Lipinski definition) is 3. The summed E-state index contributed by atoms with van der Waals surface area (Å²) in [6.07, 6.45) is 2.03. The van der Waals surface area contributed by atoms with Crippen LogP contribution in [-0.4, -0.2) is 37.6 Å². The van der Waals surface area contributed by atoms with Crippen molar-refractivity contribution in [3.8, 4) is 5.75 Å². The standard InChI is InChI=1S/C14H20N2O2.ClH/c1-16(14(17)13-7-4-8-15-13)10-11-5-3-6-12(9-11)18-2;/h3,5-6,9,13,15H,4,7-8,10H2,1-2H3;1H. The lowest BCUT2D eigenvalue weighted by Crippen LogP contribution is -2.41. The van der Waals surface area contributed by atoms with Gasteiger partial charge in [0.2, 0.25) is 5.91 Å². The van der Waals surface area contributed by atoms with Gasteiger partial charge in [0.1, 0.15) is 5.75 Å². The number of amides is 1. The van der Waals surface area contributed by atoms with Gasteiger partial charge in [0.05, 0.1) is 13.2 Å². The van der Waals surface area contributed by atoms with Crippen molar-refractivity contribution in [1.29, 1.82) is 0 Å². The van der Waals surface area contributed by atoms with Crippen LogP contribution in [0.4, 0.5) is 0 Å². The maximum Gasteiger partial charge on any atom is 0.239 e. The highest BCUT2D eigenvalue weighted by Gasteiger charge is 2.24. The van der Waals surface area contributed by atoms with Crippen molar-refractivity contribution in [1.82, 2.24) is 10.2 Å². The lowest BCUT2D eigenvalue weighted by molar-refractivity contribution is -0.132. The minimum atomic E-state index is 0. The van der Waals surface area contributed by atoms with Gasteiger partial charge in [0.15, 0.2) is 0 Å². The van der Waals surface area contributed by atoms with E-state index in [0.29, 0.717) is 6.54 Å². The van der Waals surface area contributed by atoms with Crippen molar-refractivity contribution in [2.75, 3.05) is 20.7 Å². The number of rotatable bonds is 4. The minimum absolute atomic E-state index is 0. The average Bonchev–Trinajstić information content (AvgIpc) is 2.92. The Balaban J connectivity index is 0.00000180. The maximum atomic E-state index is 12.1. The summed E-state index contributed by atoms with van der Waals surface area (Å²) in [5.41, 5.74) is 1.09. The highest BCUT2D eigenvalue weighted by atomic mass is 35.5. The van der Waals surface area contributed by atoms with Crippen LogP contribution in [0.2, 0.25) is 0 Å². The molecule has 1 N–H and O–H groups in total. The van der Waals surface area contributed by atoms with Crippen LogP contribution in [0.1, 0.15) is 18.4 Å². The van der Waals surface area contributed by atoms with Crippen molar-refractivity contribution in [2.24, 2.45) is 0 Å². The highest BCUT2D eigenvalue weighted by molar-refractivity contribution is 5.85. The quantitative estimate of drug-likeness (QED) is 0.917. The summed E-state index contributed by atoms with van der Waals surface area (Å²) in [6, 6.07) is 7.82. The molecule has 2 rings (SSSR count). The monoisotopic (exact) mass is 284 g/mol. The molecule has 0 spiro atoms. The van der Waals surface area contributed by atoms with E-state index in [1.54, 1.807) is 12.0 Å². The zero-order valence-electron chi connectivity index (χ0n) is 11.4. The minimum Gasteiger partial charge on any atom is -0.497 e. The molecule has 1 atom stereocenters. The van der Waals surface area contributed by atoms with Gasteiger partial charge in [-0.1, -0.05) is 12.1 Å². The van der Waals surface area contributed by atoms with Crippen LogP contribution < -0.4 is 10.1 Å². The van der Waals surface area contributed by atoms with E-state index in [-0.39, 0.29) is 24.4 Å². The van der Waals surface area contributed by atoms with Gasteiger partial charge in [-0.25, -0.2) is 0 Å². The second-order valence-corrected chi connectivity index (χ2v) is 4.69. The fourth-order valence-corrected chi connectivity index (χ4v) is 2.28. The van der Waals surface area contributed by atoms with Crippen molar-refractivity contribution < 1.29 is 9.53 Å². The van der Waals surface area contributed by atoms with Crippen molar-refractivity contribution in [3.05, 3.63) is 29.8 Å². The van der Waals surface area contributed by atoms with Crippen LogP contribution in [0.15, 0.2) is 24.3 Å². The molecular formula is C14H21ClN2O2. The fourth-order valence-electron chi connectivity index (χ4n) is 2.28. The lowest BCUT2D eigenvalue weighted by atomic mass is 10.1. The summed E-state index contributed by atoms with van der Waals surface area (Å²) < 4.78 is 5.18. The number of nitrogens with zero attached hydrogens (tertiary/aromatic N) is 1.